The Morgan fingerprint density at radius 3 is 2.75 bits per heavy atom. The Labute approximate surface area is 96.3 Å². The van der Waals surface area contributed by atoms with Gasteiger partial charge in [-0.25, -0.2) is 8.42 Å². The van der Waals surface area contributed by atoms with Crippen molar-refractivity contribution in [3.8, 4) is 0 Å². The van der Waals surface area contributed by atoms with Gasteiger partial charge in [0.1, 0.15) is 9.84 Å². The van der Waals surface area contributed by atoms with Gasteiger partial charge in [-0.3, -0.25) is 4.98 Å². The van der Waals surface area contributed by atoms with Crippen molar-refractivity contribution in [3.63, 3.8) is 0 Å². The molecule has 0 bridgehead atoms. The van der Waals surface area contributed by atoms with Gasteiger partial charge in [-0.1, -0.05) is 6.07 Å². The fourth-order valence-electron chi connectivity index (χ4n) is 1.52. The zero-order valence-corrected chi connectivity index (χ0v) is 10.4. The number of hydrogen-bond donors (Lipinski definition) is 1. The maximum atomic E-state index is 10.9. The van der Waals surface area contributed by atoms with Crippen LogP contribution in [0, 0.1) is 6.92 Å². The van der Waals surface area contributed by atoms with Crippen molar-refractivity contribution in [1.29, 1.82) is 0 Å². The second kappa shape index (κ2) is 5.41. The Kier molecular flexibility index (Phi) is 4.44. The summed E-state index contributed by atoms with van der Waals surface area (Å²) in [6.45, 7) is 1.88. The molecule has 1 aromatic rings. The maximum Gasteiger partial charge on any atom is 0.147 e. The number of sulfone groups is 1. The van der Waals surface area contributed by atoms with Crippen LogP contribution in [-0.4, -0.2) is 30.5 Å². The minimum Gasteiger partial charge on any atom is -0.387 e. The van der Waals surface area contributed by atoms with Crippen molar-refractivity contribution in [3.05, 3.63) is 29.6 Å². The first-order valence-electron chi connectivity index (χ1n) is 5.17. The molecule has 0 radical (unpaired) electrons. The molecule has 0 aliphatic carbocycles. The van der Waals surface area contributed by atoms with Gasteiger partial charge in [0.15, 0.2) is 0 Å². The first-order valence-corrected chi connectivity index (χ1v) is 7.23. The molecule has 1 aromatic heterocycles. The molecule has 5 heteroatoms. The fourth-order valence-corrected chi connectivity index (χ4v) is 2.21. The summed E-state index contributed by atoms with van der Waals surface area (Å²) in [5.41, 5.74) is 1.56. The molecule has 0 saturated carbocycles. The molecule has 0 saturated heterocycles. The van der Waals surface area contributed by atoms with E-state index in [0.717, 1.165) is 5.56 Å². The molecule has 1 heterocycles. The largest absolute Gasteiger partial charge is 0.387 e. The zero-order valence-electron chi connectivity index (χ0n) is 9.55. The molecule has 90 valence electrons. The van der Waals surface area contributed by atoms with E-state index in [9.17, 15) is 13.5 Å². The summed E-state index contributed by atoms with van der Waals surface area (Å²) in [5.74, 6) is 0.107. The number of rotatable bonds is 5. The summed E-state index contributed by atoms with van der Waals surface area (Å²) in [5, 5.41) is 9.84. The summed E-state index contributed by atoms with van der Waals surface area (Å²) in [6, 6.07) is 3.68. The molecule has 1 unspecified atom stereocenters. The third-order valence-corrected chi connectivity index (χ3v) is 3.39. The molecule has 4 nitrogen and oxygen atoms in total. The second-order valence-electron chi connectivity index (χ2n) is 3.99. The lowest BCUT2D eigenvalue weighted by Gasteiger charge is -2.11. The van der Waals surface area contributed by atoms with Gasteiger partial charge in [0.25, 0.3) is 0 Å². The van der Waals surface area contributed by atoms with Crippen molar-refractivity contribution >= 4 is 9.84 Å². The van der Waals surface area contributed by atoms with E-state index in [1.807, 2.05) is 19.1 Å². The molecule has 0 fully saturated rings. The van der Waals surface area contributed by atoms with Gasteiger partial charge in [-0.15, -0.1) is 0 Å². The molecule has 16 heavy (non-hydrogen) atoms. The molecule has 1 rings (SSSR count). The Hall–Kier alpha value is -0.940. The molecule has 0 amide bonds. The standard InChI is InChI=1S/C11H17NO3S/c1-9-5-3-7-12-11(9)10(13)6-4-8-16(2,14)15/h3,5,7,10,13H,4,6,8H2,1-2H3. The lowest BCUT2D eigenvalue weighted by atomic mass is 10.1. The molecule has 0 spiro atoms. The quantitative estimate of drug-likeness (QED) is 0.845. The lowest BCUT2D eigenvalue weighted by Crippen LogP contribution is -2.07. The Morgan fingerprint density at radius 1 is 1.50 bits per heavy atom. The van der Waals surface area contributed by atoms with E-state index in [2.05, 4.69) is 4.98 Å². The van der Waals surface area contributed by atoms with Crippen LogP contribution in [0.4, 0.5) is 0 Å². The number of pyridine rings is 1. The van der Waals surface area contributed by atoms with Crippen LogP contribution in [-0.2, 0) is 9.84 Å². The van der Waals surface area contributed by atoms with E-state index < -0.39 is 15.9 Å². The van der Waals surface area contributed by atoms with Crippen LogP contribution < -0.4 is 0 Å². The van der Waals surface area contributed by atoms with Gasteiger partial charge in [-0.2, -0.15) is 0 Å². The van der Waals surface area contributed by atoms with Crippen molar-refractivity contribution in [2.24, 2.45) is 0 Å². The van der Waals surface area contributed by atoms with E-state index in [1.54, 1.807) is 6.20 Å². The average Bonchev–Trinajstić information content (AvgIpc) is 2.16. The van der Waals surface area contributed by atoms with Crippen molar-refractivity contribution in [2.75, 3.05) is 12.0 Å². The highest BCUT2D eigenvalue weighted by Crippen LogP contribution is 2.19. The van der Waals surface area contributed by atoms with Crippen LogP contribution in [0.5, 0.6) is 0 Å². The number of aromatic nitrogens is 1. The molecule has 0 aromatic carbocycles. The molecule has 0 aliphatic rings. The molecule has 1 N–H and O–H groups in total. The van der Waals surface area contributed by atoms with Gasteiger partial charge in [0, 0.05) is 18.2 Å². The number of aliphatic hydroxyl groups is 1. The minimum atomic E-state index is -2.94. The first kappa shape index (κ1) is 13.1. The van der Waals surface area contributed by atoms with Crippen molar-refractivity contribution in [2.45, 2.75) is 25.9 Å². The highest BCUT2D eigenvalue weighted by atomic mass is 32.2. The van der Waals surface area contributed by atoms with Gasteiger partial charge in [0.05, 0.1) is 11.8 Å². The summed E-state index contributed by atoms with van der Waals surface area (Å²) in [4.78, 5) is 4.09. The van der Waals surface area contributed by atoms with Crippen LogP contribution in [0.25, 0.3) is 0 Å². The molecule has 1 atom stereocenters. The summed E-state index contributed by atoms with van der Waals surface area (Å²) >= 11 is 0. The van der Waals surface area contributed by atoms with Crippen LogP contribution in [0.1, 0.15) is 30.2 Å². The lowest BCUT2D eigenvalue weighted by molar-refractivity contribution is 0.161. The van der Waals surface area contributed by atoms with Crippen LogP contribution in [0.15, 0.2) is 18.3 Å². The zero-order chi connectivity index (χ0) is 12.2. The predicted octanol–water partition coefficient (Wildman–Crippen LogP) is 1.25. The van der Waals surface area contributed by atoms with E-state index in [1.165, 1.54) is 6.26 Å². The van der Waals surface area contributed by atoms with Crippen molar-refractivity contribution in [1.82, 2.24) is 4.98 Å². The van der Waals surface area contributed by atoms with Gasteiger partial charge >= 0.3 is 0 Å². The van der Waals surface area contributed by atoms with Gasteiger partial charge in [-0.05, 0) is 31.4 Å². The highest BCUT2D eigenvalue weighted by molar-refractivity contribution is 7.90. The maximum absolute atomic E-state index is 10.9. The van der Waals surface area contributed by atoms with Crippen LogP contribution >= 0.6 is 0 Å². The van der Waals surface area contributed by atoms with Crippen LogP contribution in [0.2, 0.25) is 0 Å². The van der Waals surface area contributed by atoms with E-state index >= 15 is 0 Å². The fraction of sp³-hybridized carbons (Fsp3) is 0.545. The Morgan fingerprint density at radius 2 is 2.19 bits per heavy atom. The first-order chi connectivity index (χ1) is 7.40. The number of hydrogen-bond acceptors (Lipinski definition) is 4. The van der Waals surface area contributed by atoms with Crippen molar-refractivity contribution < 1.29 is 13.5 Å². The number of nitrogens with zero attached hydrogens (tertiary/aromatic N) is 1. The molecule has 0 aliphatic heterocycles. The molecular weight excluding hydrogens is 226 g/mol. The topological polar surface area (TPSA) is 67.3 Å². The normalized spacial score (nSPS) is 13.7. The second-order valence-corrected chi connectivity index (χ2v) is 6.25. The van der Waals surface area contributed by atoms with Gasteiger partial charge in [0.2, 0.25) is 0 Å². The number of aliphatic hydroxyl groups excluding tert-OH is 1. The van der Waals surface area contributed by atoms with E-state index in [0.29, 0.717) is 18.5 Å². The average molecular weight is 243 g/mol. The number of aryl methyl sites for hydroxylation is 1. The predicted molar refractivity (Wildman–Crippen MR) is 62.9 cm³/mol. The summed E-state index contributed by atoms with van der Waals surface area (Å²) < 4.78 is 21.8. The summed E-state index contributed by atoms with van der Waals surface area (Å²) in [6.07, 6.45) is 3.03. The van der Waals surface area contributed by atoms with E-state index in [-0.39, 0.29) is 5.75 Å². The van der Waals surface area contributed by atoms with Crippen LogP contribution in [0.3, 0.4) is 0 Å². The monoisotopic (exact) mass is 243 g/mol. The minimum absolute atomic E-state index is 0.107. The Balaban J connectivity index is 2.54. The van der Waals surface area contributed by atoms with E-state index in [4.69, 9.17) is 0 Å². The summed E-state index contributed by atoms with van der Waals surface area (Å²) in [7, 11) is -2.94. The van der Waals surface area contributed by atoms with Gasteiger partial charge < -0.3 is 5.11 Å². The SMILES string of the molecule is Cc1cccnc1C(O)CCCS(C)(=O)=O. The Bertz CT molecular complexity index is 442. The molecular formula is C11H17NO3S. The third kappa shape index (κ3) is 4.28. The third-order valence-electron chi connectivity index (χ3n) is 2.36. The highest BCUT2D eigenvalue weighted by Gasteiger charge is 2.12. The smallest absolute Gasteiger partial charge is 0.147 e.